The number of hydrogen-bond acceptors (Lipinski definition) is 2. The van der Waals surface area contributed by atoms with Crippen LogP contribution in [0.3, 0.4) is 0 Å². The summed E-state index contributed by atoms with van der Waals surface area (Å²) < 4.78 is 18.8. The SMILES string of the molecule is Cc1ccc(NC(=O)[C@@H](C)Oc2ccccc2F)c(C)c1. The van der Waals surface area contributed by atoms with Gasteiger partial charge in [-0.3, -0.25) is 4.79 Å². The number of carbonyl (C=O) groups is 1. The highest BCUT2D eigenvalue weighted by Gasteiger charge is 2.17. The highest BCUT2D eigenvalue weighted by Crippen LogP contribution is 2.19. The summed E-state index contributed by atoms with van der Waals surface area (Å²) >= 11 is 0. The number of halogens is 1. The normalized spacial score (nSPS) is 11.8. The summed E-state index contributed by atoms with van der Waals surface area (Å²) in [5, 5.41) is 2.79. The van der Waals surface area contributed by atoms with Gasteiger partial charge in [0.25, 0.3) is 5.91 Å². The third kappa shape index (κ3) is 3.81. The second kappa shape index (κ2) is 6.39. The van der Waals surface area contributed by atoms with Gasteiger partial charge in [-0.25, -0.2) is 4.39 Å². The van der Waals surface area contributed by atoms with Gasteiger partial charge in [-0.1, -0.05) is 29.8 Å². The number of ether oxygens (including phenoxy) is 1. The van der Waals surface area contributed by atoms with Crippen LogP contribution in [0.2, 0.25) is 0 Å². The molecule has 0 aliphatic rings. The smallest absolute Gasteiger partial charge is 0.265 e. The molecule has 0 radical (unpaired) electrons. The summed E-state index contributed by atoms with van der Waals surface area (Å²) in [5.74, 6) is -0.727. The number of nitrogens with one attached hydrogen (secondary N) is 1. The first-order valence-corrected chi connectivity index (χ1v) is 6.76. The van der Waals surface area contributed by atoms with Gasteiger partial charge in [0.1, 0.15) is 0 Å². The Balaban J connectivity index is 2.04. The maximum absolute atomic E-state index is 13.5. The molecule has 0 fully saturated rings. The highest BCUT2D eigenvalue weighted by atomic mass is 19.1. The molecule has 1 amide bonds. The van der Waals surface area contributed by atoms with E-state index in [-0.39, 0.29) is 11.7 Å². The fourth-order valence-corrected chi connectivity index (χ4v) is 1.97. The molecule has 0 aliphatic heterocycles. The Kier molecular flexibility index (Phi) is 4.58. The maximum Gasteiger partial charge on any atom is 0.265 e. The predicted octanol–water partition coefficient (Wildman–Crippen LogP) is 3.85. The Morgan fingerprint density at radius 2 is 1.90 bits per heavy atom. The van der Waals surface area contributed by atoms with Crippen molar-refractivity contribution in [3.05, 3.63) is 59.4 Å². The van der Waals surface area contributed by atoms with E-state index in [0.717, 1.165) is 16.8 Å². The highest BCUT2D eigenvalue weighted by molar-refractivity contribution is 5.94. The fourth-order valence-electron chi connectivity index (χ4n) is 1.97. The molecule has 4 heteroatoms. The summed E-state index contributed by atoms with van der Waals surface area (Å²) in [6.07, 6.45) is -0.789. The molecule has 1 atom stereocenters. The average Bonchev–Trinajstić information content (AvgIpc) is 2.44. The molecule has 3 nitrogen and oxygen atoms in total. The monoisotopic (exact) mass is 287 g/mol. The summed E-state index contributed by atoms with van der Waals surface area (Å²) in [6.45, 7) is 5.50. The van der Waals surface area contributed by atoms with Gasteiger partial charge in [0, 0.05) is 5.69 Å². The van der Waals surface area contributed by atoms with Gasteiger partial charge in [-0.05, 0) is 44.5 Å². The second-order valence-corrected chi connectivity index (χ2v) is 5.00. The molecule has 0 bridgehead atoms. The lowest BCUT2D eigenvalue weighted by Gasteiger charge is -2.16. The van der Waals surface area contributed by atoms with Crippen molar-refractivity contribution in [2.75, 3.05) is 5.32 Å². The second-order valence-electron chi connectivity index (χ2n) is 5.00. The average molecular weight is 287 g/mol. The minimum Gasteiger partial charge on any atom is -0.478 e. The fraction of sp³-hybridized carbons (Fsp3) is 0.235. The number of carbonyl (C=O) groups excluding carboxylic acids is 1. The van der Waals surface area contributed by atoms with E-state index >= 15 is 0 Å². The van der Waals surface area contributed by atoms with Crippen LogP contribution >= 0.6 is 0 Å². The van der Waals surface area contributed by atoms with E-state index < -0.39 is 11.9 Å². The first-order valence-electron chi connectivity index (χ1n) is 6.76. The van der Waals surface area contributed by atoms with Crippen molar-refractivity contribution < 1.29 is 13.9 Å². The quantitative estimate of drug-likeness (QED) is 0.927. The topological polar surface area (TPSA) is 38.3 Å². The Morgan fingerprint density at radius 1 is 1.19 bits per heavy atom. The molecular formula is C17H18FNO2. The molecule has 1 N–H and O–H groups in total. The number of hydrogen-bond donors (Lipinski definition) is 1. The van der Waals surface area contributed by atoms with Gasteiger partial charge < -0.3 is 10.1 Å². The number of anilines is 1. The van der Waals surface area contributed by atoms with E-state index in [2.05, 4.69) is 5.32 Å². The number of benzene rings is 2. The first-order chi connectivity index (χ1) is 9.97. The summed E-state index contributed by atoms with van der Waals surface area (Å²) in [4.78, 5) is 12.1. The molecule has 0 aromatic heterocycles. The molecule has 0 saturated carbocycles. The van der Waals surface area contributed by atoms with Gasteiger partial charge in [0.05, 0.1) is 0 Å². The molecule has 2 aromatic carbocycles. The van der Waals surface area contributed by atoms with Crippen LogP contribution in [0.25, 0.3) is 0 Å². The Labute approximate surface area is 123 Å². The Morgan fingerprint density at radius 3 is 2.57 bits per heavy atom. The zero-order valence-electron chi connectivity index (χ0n) is 12.3. The van der Waals surface area contributed by atoms with E-state index in [1.54, 1.807) is 19.1 Å². The molecule has 0 spiro atoms. The first kappa shape index (κ1) is 15.0. The molecule has 2 rings (SSSR count). The van der Waals surface area contributed by atoms with Gasteiger partial charge >= 0.3 is 0 Å². The summed E-state index contributed by atoms with van der Waals surface area (Å²) in [6, 6.07) is 11.8. The zero-order chi connectivity index (χ0) is 15.4. The molecule has 2 aromatic rings. The third-order valence-corrected chi connectivity index (χ3v) is 3.15. The van der Waals surface area contributed by atoms with Crippen molar-refractivity contribution in [3.63, 3.8) is 0 Å². The van der Waals surface area contributed by atoms with Gasteiger partial charge in [0.15, 0.2) is 17.7 Å². The van der Waals surface area contributed by atoms with E-state index in [1.807, 2.05) is 32.0 Å². The minimum atomic E-state index is -0.789. The number of para-hydroxylation sites is 1. The Hall–Kier alpha value is -2.36. The van der Waals surface area contributed by atoms with Crippen LogP contribution in [0.1, 0.15) is 18.1 Å². The van der Waals surface area contributed by atoms with Crippen molar-refractivity contribution in [3.8, 4) is 5.75 Å². The lowest BCUT2D eigenvalue weighted by Crippen LogP contribution is -2.30. The van der Waals surface area contributed by atoms with E-state index in [4.69, 9.17) is 4.74 Å². The number of amides is 1. The number of aryl methyl sites for hydroxylation is 2. The van der Waals surface area contributed by atoms with Crippen LogP contribution in [0, 0.1) is 19.7 Å². The number of rotatable bonds is 4. The third-order valence-electron chi connectivity index (χ3n) is 3.15. The molecular weight excluding hydrogens is 269 g/mol. The van der Waals surface area contributed by atoms with Crippen molar-refractivity contribution in [1.29, 1.82) is 0 Å². The van der Waals surface area contributed by atoms with E-state index in [0.29, 0.717) is 0 Å². The molecule has 21 heavy (non-hydrogen) atoms. The predicted molar refractivity (Wildman–Crippen MR) is 81.0 cm³/mol. The minimum absolute atomic E-state index is 0.0702. The molecule has 0 unspecified atom stereocenters. The van der Waals surface area contributed by atoms with Crippen LogP contribution in [-0.4, -0.2) is 12.0 Å². The molecule has 0 heterocycles. The molecule has 0 aliphatic carbocycles. The summed E-state index contributed by atoms with van der Waals surface area (Å²) in [5.41, 5.74) is 2.83. The van der Waals surface area contributed by atoms with E-state index in [1.165, 1.54) is 12.1 Å². The van der Waals surface area contributed by atoms with Crippen LogP contribution < -0.4 is 10.1 Å². The van der Waals surface area contributed by atoms with Crippen molar-refractivity contribution in [2.45, 2.75) is 26.9 Å². The van der Waals surface area contributed by atoms with Crippen molar-refractivity contribution in [1.82, 2.24) is 0 Å². The van der Waals surface area contributed by atoms with Gasteiger partial charge in [-0.15, -0.1) is 0 Å². The van der Waals surface area contributed by atoms with Crippen molar-refractivity contribution >= 4 is 11.6 Å². The zero-order valence-corrected chi connectivity index (χ0v) is 12.3. The van der Waals surface area contributed by atoms with Gasteiger partial charge in [-0.2, -0.15) is 0 Å². The Bertz CT molecular complexity index is 655. The lowest BCUT2D eigenvalue weighted by atomic mass is 10.1. The standard InChI is InChI=1S/C17H18FNO2/c1-11-8-9-15(12(2)10-11)19-17(20)13(3)21-16-7-5-4-6-14(16)18/h4-10,13H,1-3H3,(H,19,20)/t13-/m1/s1. The van der Waals surface area contributed by atoms with Crippen LogP contribution in [0.15, 0.2) is 42.5 Å². The van der Waals surface area contributed by atoms with Crippen LogP contribution in [0.4, 0.5) is 10.1 Å². The molecule has 110 valence electrons. The van der Waals surface area contributed by atoms with E-state index in [9.17, 15) is 9.18 Å². The van der Waals surface area contributed by atoms with Crippen LogP contribution in [0.5, 0.6) is 5.75 Å². The lowest BCUT2D eigenvalue weighted by molar-refractivity contribution is -0.122. The van der Waals surface area contributed by atoms with Crippen LogP contribution in [-0.2, 0) is 4.79 Å². The summed E-state index contributed by atoms with van der Waals surface area (Å²) in [7, 11) is 0. The largest absolute Gasteiger partial charge is 0.478 e. The van der Waals surface area contributed by atoms with Gasteiger partial charge in [0.2, 0.25) is 0 Å². The maximum atomic E-state index is 13.5. The van der Waals surface area contributed by atoms with Crippen molar-refractivity contribution in [2.24, 2.45) is 0 Å². The molecule has 0 saturated heterocycles.